The van der Waals surface area contributed by atoms with Crippen LogP contribution in [0.4, 0.5) is 18.9 Å². The molecule has 13 heavy (non-hydrogen) atoms. The van der Waals surface area contributed by atoms with E-state index in [9.17, 15) is 13.2 Å². The molecule has 1 atom stereocenters. The predicted octanol–water partition coefficient (Wildman–Crippen LogP) is 1.65. The molecule has 3 N–H and O–H groups in total. The molecule has 0 aliphatic heterocycles. The van der Waals surface area contributed by atoms with Crippen LogP contribution >= 0.6 is 0 Å². The molecule has 0 aliphatic carbocycles. The summed E-state index contributed by atoms with van der Waals surface area (Å²) in [5.74, 6) is -3.88. The van der Waals surface area contributed by atoms with E-state index in [1.54, 1.807) is 0 Å². The number of hydrogen-bond acceptors (Lipinski definition) is 2. The number of benzene rings is 1. The Morgan fingerprint density at radius 3 is 2.08 bits per heavy atom. The second kappa shape index (κ2) is 3.26. The standard InChI is InChI=1S/C8H8F3NO/c9-7(13)8(10,11)5-1-3-6(12)4-2-5/h1-4,7,13H,12H2. The molecule has 0 saturated heterocycles. The van der Waals surface area contributed by atoms with Crippen molar-refractivity contribution in [2.24, 2.45) is 0 Å². The maximum absolute atomic E-state index is 12.7. The van der Waals surface area contributed by atoms with Gasteiger partial charge >= 0.3 is 5.92 Å². The van der Waals surface area contributed by atoms with Gasteiger partial charge in [-0.2, -0.15) is 8.78 Å². The monoisotopic (exact) mass is 191 g/mol. The van der Waals surface area contributed by atoms with E-state index in [4.69, 9.17) is 10.8 Å². The minimum absolute atomic E-state index is 0.299. The van der Waals surface area contributed by atoms with Crippen molar-refractivity contribution in [3.8, 4) is 0 Å². The number of nitrogen functional groups attached to an aromatic ring is 1. The molecule has 0 amide bonds. The van der Waals surface area contributed by atoms with E-state index in [1.165, 1.54) is 12.1 Å². The van der Waals surface area contributed by atoms with Gasteiger partial charge in [-0.15, -0.1) is 0 Å². The minimum atomic E-state index is -3.88. The molecule has 1 rings (SSSR count). The van der Waals surface area contributed by atoms with Crippen LogP contribution in [0.2, 0.25) is 0 Å². The fourth-order valence-electron chi connectivity index (χ4n) is 0.843. The number of aliphatic hydroxyl groups excluding tert-OH is 1. The second-order valence-electron chi connectivity index (χ2n) is 2.58. The van der Waals surface area contributed by atoms with Gasteiger partial charge in [-0.25, -0.2) is 4.39 Å². The Morgan fingerprint density at radius 1 is 1.23 bits per heavy atom. The average Bonchev–Trinajstić information content (AvgIpc) is 2.04. The van der Waals surface area contributed by atoms with Crippen LogP contribution in [0.25, 0.3) is 0 Å². The number of nitrogens with two attached hydrogens (primary N) is 1. The van der Waals surface area contributed by atoms with Crippen LogP contribution in [0.1, 0.15) is 5.56 Å². The van der Waals surface area contributed by atoms with Crippen LogP contribution in [0, 0.1) is 0 Å². The normalized spacial score (nSPS) is 14.2. The first-order chi connectivity index (χ1) is 5.94. The quantitative estimate of drug-likeness (QED) is 0.698. The largest absolute Gasteiger partial charge is 0.399 e. The Kier molecular flexibility index (Phi) is 2.47. The van der Waals surface area contributed by atoms with E-state index < -0.39 is 17.8 Å². The molecule has 0 radical (unpaired) electrons. The fourth-order valence-corrected chi connectivity index (χ4v) is 0.843. The predicted molar refractivity (Wildman–Crippen MR) is 41.9 cm³/mol. The van der Waals surface area contributed by atoms with Crippen LogP contribution in [0.15, 0.2) is 24.3 Å². The summed E-state index contributed by atoms with van der Waals surface area (Å²) in [4.78, 5) is 0. The van der Waals surface area contributed by atoms with Crippen LogP contribution in [0.3, 0.4) is 0 Å². The summed E-state index contributed by atoms with van der Waals surface area (Å²) < 4.78 is 37.5. The second-order valence-corrected chi connectivity index (χ2v) is 2.58. The van der Waals surface area contributed by atoms with Crippen molar-refractivity contribution in [3.05, 3.63) is 29.8 Å². The Bertz CT molecular complexity index is 284. The summed E-state index contributed by atoms with van der Waals surface area (Å²) in [7, 11) is 0. The highest BCUT2D eigenvalue weighted by Gasteiger charge is 2.40. The van der Waals surface area contributed by atoms with E-state index in [0.29, 0.717) is 5.69 Å². The summed E-state index contributed by atoms with van der Waals surface area (Å²) in [6, 6.07) is 4.37. The lowest BCUT2D eigenvalue weighted by molar-refractivity contribution is -0.174. The molecule has 0 saturated carbocycles. The number of halogens is 3. The number of hydrogen-bond donors (Lipinski definition) is 2. The van der Waals surface area contributed by atoms with Gasteiger partial charge in [0.15, 0.2) is 0 Å². The Labute approximate surface area is 72.8 Å². The van der Waals surface area contributed by atoms with Crippen molar-refractivity contribution in [3.63, 3.8) is 0 Å². The zero-order valence-corrected chi connectivity index (χ0v) is 6.55. The summed E-state index contributed by atoms with van der Waals surface area (Å²) in [5, 5.41) is 8.15. The molecule has 0 heterocycles. The van der Waals surface area contributed by atoms with Crippen molar-refractivity contribution in [2.75, 3.05) is 5.73 Å². The maximum atomic E-state index is 12.7. The van der Waals surface area contributed by atoms with E-state index in [2.05, 4.69) is 0 Å². The molecule has 1 aromatic carbocycles. The first-order valence-electron chi connectivity index (χ1n) is 3.50. The van der Waals surface area contributed by atoms with Crippen LogP contribution in [-0.4, -0.2) is 11.5 Å². The lowest BCUT2D eigenvalue weighted by atomic mass is 10.1. The van der Waals surface area contributed by atoms with Gasteiger partial charge in [0.05, 0.1) is 0 Å². The SMILES string of the molecule is Nc1ccc(C(F)(F)C(O)F)cc1. The van der Waals surface area contributed by atoms with Crippen LogP contribution in [0.5, 0.6) is 0 Å². The Balaban J connectivity index is 3.01. The molecule has 72 valence electrons. The van der Waals surface area contributed by atoms with Gasteiger partial charge in [0, 0.05) is 11.3 Å². The molecule has 0 fully saturated rings. The zero-order chi connectivity index (χ0) is 10.1. The minimum Gasteiger partial charge on any atom is -0.399 e. The molecule has 0 spiro atoms. The van der Waals surface area contributed by atoms with Crippen molar-refractivity contribution in [1.29, 1.82) is 0 Å². The van der Waals surface area contributed by atoms with Gasteiger partial charge < -0.3 is 10.8 Å². The Hall–Kier alpha value is -1.23. The van der Waals surface area contributed by atoms with Crippen LogP contribution in [-0.2, 0) is 5.92 Å². The smallest absolute Gasteiger partial charge is 0.327 e. The van der Waals surface area contributed by atoms with Gasteiger partial charge in [0.25, 0.3) is 6.36 Å². The third-order valence-electron chi connectivity index (χ3n) is 1.59. The molecule has 1 unspecified atom stereocenters. The lowest BCUT2D eigenvalue weighted by Gasteiger charge is -2.16. The summed E-state index contributed by atoms with van der Waals surface area (Å²) in [5.41, 5.74) is 4.94. The van der Waals surface area contributed by atoms with E-state index in [-0.39, 0.29) is 0 Å². The summed E-state index contributed by atoms with van der Waals surface area (Å²) in [6.45, 7) is 0. The molecule has 1 aromatic rings. The van der Waals surface area contributed by atoms with Gasteiger partial charge in [-0.05, 0) is 12.1 Å². The zero-order valence-electron chi connectivity index (χ0n) is 6.55. The number of alkyl halides is 3. The first kappa shape index (κ1) is 9.85. The number of aliphatic hydroxyl groups is 1. The van der Waals surface area contributed by atoms with Gasteiger partial charge in [0.1, 0.15) is 0 Å². The lowest BCUT2D eigenvalue weighted by Crippen LogP contribution is -2.26. The van der Waals surface area contributed by atoms with Crippen LogP contribution < -0.4 is 5.73 Å². The molecule has 0 bridgehead atoms. The van der Waals surface area contributed by atoms with Gasteiger partial charge in [-0.3, -0.25) is 0 Å². The van der Waals surface area contributed by atoms with E-state index in [1.807, 2.05) is 0 Å². The van der Waals surface area contributed by atoms with Crippen molar-refractivity contribution < 1.29 is 18.3 Å². The van der Waals surface area contributed by atoms with Gasteiger partial charge in [0.2, 0.25) is 0 Å². The molecule has 0 aromatic heterocycles. The van der Waals surface area contributed by atoms with Crippen molar-refractivity contribution in [1.82, 2.24) is 0 Å². The molecule has 2 nitrogen and oxygen atoms in total. The summed E-state index contributed by atoms with van der Waals surface area (Å²) in [6.07, 6.45) is -3.20. The Morgan fingerprint density at radius 2 is 1.69 bits per heavy atom. The molecule has 0 aliphatic rings. The number of rotatable bonds is 2. The highest BCUT2D eigenvalue weighted by molar-refractivity contribution is 5.40. The first-order valence-corrected chi connectivity index (χ1v) is 3.50. The van der Waals surface area contributed by atoms with E-state index >= 15 is 0 Å². The fraction of sp³-hybridized carbons (Fsp3) is 0.250. The maximum Gasteiger partial charge on any atom is 0.327 e. The third kappa shape index (κ3) is 1.92. The van der Waals surface area contributed by atoms with Gasteiger partial charge in [-0.1, -0.05) is 12.1 Å². The average molecular weight is 191 g/mol. The topological polar surface area (TPSA) is 46.2 Å². The van der Waals surface area contributed by atoms with E-state index in [0.717, 1.165) is 12.1 Å². The summed E-state index contributed by atoms with van der Waals surface area (Å²) >= 11 is 0. The highest BCUT2D eigenvalue weighted by atomic mass is 19.3. The molecular formula is C8H8F3NO. The highest BCUT2D eigenvalue weighted by Crippen LogP contribution is 2.32. The molecular weight excluding hydrogens is 183 g/mol. The molecule has 5 heteroatoms. The van der Waals surface area contributed by atoms with Crippen molar-refractivity contribution >= 4 is 5.69 Å². The third-order valence-corrected chi connectivity index (χ3v) is 1.59. The van der Waals surface area contributed by atoms with Crippen molar-refractivity contribution in [2.45, 2.75) is 12.3 Å². The number of anilines is 1.